The number of thioether (sulfide) groups is 1. The molecule has 0 radical (unpaired) electrons. The molecule has 130 valence electrons. The van der Waals surface area contributed by atoms with Crippen LogP contribution in [0.2, 0.25) is 0 Å². The quantitative estimate of drug-likeness (QED) is 0.514. The maximum Gasteiger partial charge on any atom is 0.231 e. The summed E-state index contributed by atoms with van der Waals surface area (Å²) in [6, 6.07) is 10.2. The molecule has 0 saturated heterocycles. The number of hydrogen-bond acceptors (Lipinski definition) is 5. The lowest BCUT2D eigenvalue weighted by molar-refractivity contribution is -0.120. The Hall–Kier alpha value is -2.13. The van der Waals surface area contributed by atoms with Crippen LogP contribution < -0.4 is 5.32 Å². The average molecular weight is 354 g/mol. The van der Waals surface area contributed by atoms with Crippen molar-refractivity contribution in [3.8, 4) is 6.07 Å². The SMILES string of the molecule is Cc1nc(SCC(=O)NC2(C#N)CCCCCC2)c2ccccc2n1. The van der Waals surface area contributed by atoms with Crippen LogP contribution in [0.5, 0.6) is 0 Å². The van der Waals surface area contributed by atoms with Gasteiger partial charge in [0.05, 0.1) is 17.3 Å². The minimum absolute atomic E-state index is 0.103. The van der Waals surface area contributed by atoms with Crippen molar-refractivity contribution in [2.24, 2.45) is 0 Å². The molecule has 1 aromatic carbocycles. The standard InChI is InChI=1S/C19H22N4OS/c1-14-21-16-9-5-4-8-15(16)18(22-14)25-12-17(24)23-19(13-20)10-6-2-3-7-11-19/h4-5,8-9H,2-3,6-7,10-12H2,1H3,(H,23,24). The first kappa shape index (κ1) is 17.7. The maximum absolute atomic E-state index is 12.5. The monoisotopic (exact) mass is 354 g/mol. The van der Waals surface area contributed by atoms with Crippen molar-refractivity contribution in [2.45, 2.75) is 56.0 Å². The van der Waals surface area contributed by atoms with Gasteiger partial charge in [-0.1, -0.05) is 55.6 Å². The van der Waals surface area contributed by atoms with Crippen molar-refractivity contribution in [3.63, 3.8) is 0 Å². The largest absolute Gasteiger partial charge is 0.337 e. The van der Waals surface area contributed by atoms with Gasteiger partial charge in [-0.3, -0.25) is 4.79 Å². The molecule has 0 spiro atoms. The minimum Gasteiger partial charge on any atom is -0.337 e. The van der Waals surface area contributed by atoms with Crippen molar-refractivity contribution >= 4 is 28.6 Å². The zero-order chi connectivity index (χ0) is 17.7. The Balaban J connectivity index is 1.69. The molecular formula is C19H22N4OS. The summed E-state index contributed by atoms with van der Waals surface area (Å²) < 4.78 is 0. The number of carbonyl (C=O) groups excluding carboxylic acids is 1. The van der Waals surface area contributed by atoms with Gasteiger partial charge >= 0.3 is 0 Å². The van der Waals surface area contributed by atoms with Crippen molar-refractivity contribution in [1.82, 2.24) is 15.3 Å². The predicted octanol–water partition coefficient (Wildman–Crippen LogP) is 3.76. The van der Waals surface area contributed by atoms with E-state index < -0.39 is 5.54 Å². The Bertz CT molecular complexity index is 807. The summed E-state index contributed by atoms with van der Waals surface area (Å²) in [6.45, 7) is 1.85. The molecule has 1 aliphatic carbocycles. The van der Waals surface area contributed by atoms with Gasteiger partial charge in [0.15, 0.2) is 0 Å². The van der Waals surface area contributed by atoms with E-state index in [1.54, 1.807) is 0 Å². The highest BCUT2D eigenvalue weighted by atomic mass is 32.2. The van der Waals surface area contributed by atoms with E-state index in [2.05, 4.69) is 21.4 Å². The minimum atomic E-state index is -0.697. The van der Waals surface area contributed by atoms with Crippen molar-refractivity contribution in [3.05, 3.63) is 30.1 Å². The molecule has 1 aromatic heterocycles. The van der Waals surface area contributed by atoms with E-state index in [9.17, 15) is 10.1 Å². The second-order valence-electron chi connectivity index (χ2n) is 6.54. The molecule has 1 aliphatic rings. The van der Waals surface area contributed by atoms with Crippen LogP contribution in [0.15, 0.2) is 29.3 Å². The number of benzene rings is 1. The molecule has 2 aromatic rings. The highest BCUT2D eigenvalue weighted by Crippen LogP contribution is 2.28. The van der Waals surface area contributed by atoms with Gasteiger partial charge < -0.3 is 5.32 Å². The highest BCUT2D eigenvalue weighted by molar-refractivity contribution is 8.00. The maximum atomic E-state index is 12.5. The van der Waals surface area contributed by atoms with Gasteiger partial charge in [0.25, 0.3) is 0 Å². The smallest absolute Gasteiger partial charge is 0.231 e. The third-order valence-electron chi connectivity index (χ3n) is 4.57. The molecule has 1 saturated carbocycles. The summed E-state index contributed by atoms with van der Waals surface area (Å²) in [6.07, 6.45) is 5.76. The fourth-order valence-electron chi connectivity index (χ4n) is 3.30. The van der Waals surface area contributed by atoms with Crippen LogP contribution in [0.4, 0.5) is 0 Å². The molecule has 0 atom stereocenters. The number of fused-ring (bicyclic) bond motifs is 1. The zero-order valence-electron chi connectivity index (χ0n) is 14.4. The third-order valence-corrected chi connectivity index (χ3v) is 5.56. The first-order valence-electron chi connectivity index (χ1n) is 8.70. The Morgan fingerprint density at radius 3 is 2.68 bits per heavy atom. The van der Waals surface area contributed by atoms with Crippen LogP contribution in [0.25, 0.3) is 10.9 Å². The van der Waals surface area contributed by atoms with Gasteiger partial charge in [0, 0.05) is 5.39 Å². The van der Waals surface area contributed by atoms with E-state index in [1.807, 2.05) is 31.2 Å². The van der Waals surface area contributed by atoms with Gasteiger partial charge in [-0.2, -0.15) is 5.26 Å². The zero-order valence-corrected chi connectivity index (χ0v) is 15.2. The van der Waals surface area contributed by atoms with Crippen LogP contribution in [0.1, 0.15) is 44.3 Å². The van der Waals surface area contributed by atoms with Crippen LogP contribution in [-0.4, -0.2) is 27.2 Å². The molecule has 1 N–H and O–H groups in total. The predicted molar refractivity (Wildman–Crippen MR) is 99.2 cm³/mol. The molecule has 1 amide bonds. The van der Waals surface area contributed by atoms with E-state index in [0.717, 1.165) is 54.5 Å². The van der Waals surface area contributed by atoms with Crippen molar-refractivity contribution < 1.29 is 4.79 Å². The van der Waals surface area contributed by atoms with E-state index >= 15 is 0 Å². The van der Waals surface area contributed by atoms with Crippen molar-refractivity contribution in [1.29, 1.82) is 5.26 Å². The number of amides is 1. The van der Waals surface area contributed by atoms with Gasteiger partial charge in [-0.15, -0.1) is 0 Å². The lowest BCUT2D eigenvalue weighted by atomic mass is 9.92. The number of para-hydroxylation sites is 1. The molecule has 1 heterocycles. The number of hydrogen-bond donors (Lipinski definition) is 1. The molecule has 0 unspecified atom stereocenters. The number of nitrogens with zero attached hydrogens (tertiary/aromatic N) is 3. The molecule has 3 rings (SSSR count). The second kappa shape index (κ2) is 7.83. The fraction of sp³-hybridized carbons (Fsp3) is 0.474. The molecule has 0 bridgehead atoms. The van der Waals surface area contributed by atoms with Gasteiger partial charge in [-0.05, 0) is 25.8 Å². The Morgan fingerprint density at radius 2 is 1.96 bits per heavy atom. The molecule has 0 aliphatic heterocycles. The Kier molecular flexibility index (Phi) is 5.54. The average Bonchev–Trinajstić information content (AvgIpc) is 2.85. The lowest BCUT2D eigenvalue weighted by Crippen LogP contribution is -2.47. The summed E-state index contributed by atoms with van der Waals surface area (Å²) in [5.74, 6) is 0.844. The topological polar surface area (TPSA) is 78.7 Å². The number of aryl methyl sites for hydroxylation is 1. The Labute approximate surface area is 152 Å². The van der Waals surface area contributed by atoms with Crippen LogP contribution in [0, 0.1) is 18.3 Å². The summed E-state index contributed by atoms with van der Waals surface area (Å²) >= 11 is 1.40. The van der Waals surface area contributed by atoms with E-state index in [-0.39, 0.29) is 11.7 Å². The molecule has 1 fully saturated rings. The molecular weight excluding hydrogens is 332 g/mol. The van der Waals surface area contributed by atoms with Gasteiger partial charge in [0.2, 0.25) is 5.91 Å². The number of nitrogens with one attached hydrogen (secondary N) is 1. The number of nitriles is 1. The normalized spacial score (nSPS) is 16.8. The van der Waals surface area contributed by atoms with Gasteiger partial charge in [0.1, 0.15) is 16.4 Å². The highest BCUT2D eigenvalue weighted by Gasteiger charge is 2.32. The summed E-state index contributed by atoms with van der Waals surface area (Å²) in [4.78, 5) is 21.4. The summed E-state index contributed by atoms with van der Waals surface area (Å²) in [7, 11) is 0. The number of rotatable bonds is 4. The number of aromatic nitrogens is 2. The molecule has 6 heteroatoms. The van der Waals surface area contributed by atoms with Crippen LogP contribution in [-0.2, 0) is 4.79 Å². The van der Waals surface area contributed by atoms with E-state index in [0.29, 0.717) is 5.82 Å². The molecule has 25 heavy (non-hydrogen) atoms. The van der Waals surface area contributed by atoms with Crippen molar-refractivity contribution in [2.75, 3.05) is 5.75 Å². The fourth-order valence-corrected chi connectivity index (χ4v) is 4.17. The second-order valence-corrected chi connectivity index (χ2v) is 7.50. The van der Waals surface area contributed by atoms with Gasteiger partial charge in [-0.25, -0.2) is 9.97 Å². The van der Waals surface area contributed by atoms with Crippen LogP contribution in [0.3, 0.4) is 0 Å². The first-order valence-corrected chi connectivity index (χ1v) is 9.69. The Morgan fingerprint density at radius 1 is 1.24 bits per heavy atom. The van der Waals surface area contributed by atoms with Crippen LogP contribution >= 0.6 is 11.8 Å². The third kappa shape index (κ3) is 4.29. The number of carbonyl (C=O) groups is 1. The van der Waals surface area contributed by atoms with E-state index in [4.69, 9.17) is 0 Å². The van der Waals surface area contributed by atoms with E-state index in [1.165, 1.54) is 11.8 Å². The summed E-state index contributed by atoms with van der Waals surface area (Å²) in [5, 5.41) is 14.3. The lowest BCUT2D eigenvalue weighted by Gasteiger charge is -2.26. The first-order chi connectivity index (χ1) is 12.1. The summed E-state index contributed by atoms with van der Waals surface area (Å²) in [5.41, 5.74) is 0.188. The molecule has 5 nitrogen and oxygen atoms in total.